The molecule has 3 rings (SSSR count). The Labute approximate surface area is 178 Å². The van der Waals surface area contributed by atoms with Crippen LogP contribution < -0.4 is 15.4 Å². The lowest BCUT2D eigenvalue weighted by Gasteiger charge is -2.29. The molecule has 30 heavy (non-hydrogen) atoms. The van der Waals surface area contributed by atoms with Crippen LogP contribution in [-0.2, 0) is 24.2 Å². The van der Waals surface area contributed by atoms with E-state index >= 15 is 0 Å². The van der Waals surface area contributed by atoms with E-state index in [-0.39, 0.29) is 11.9 Å². The average molecular weight is 410 g/mol. The molecule has 0 radical (unpaired) electrons. The lowest BCUT2D eigenvalue weighted by molar-refractivity contribution is -0.132. The van der Waals surface area contributed by atoms with Crippen LogP contribution in [0.5, 0.6) is 5.75 Å². The van der Waals surface area contributed by atoms with Gasteiger partial charge < -0.3 is 20.3 Å². The Morgan fingerprint density at radius 1 is 0.967 bits per heavy atom. The minimum atomic E-state index is -0.177. The number of nitrogens with one attached hydrogen (secondary N) is 2. The van der Waals surface area contributed by atoms with Crippen LogP contribution in [0.2, 0.25) is 0 Å². The van der Waals surface area contributed by atoms with Crippen molar-refractivity contribution < 1.29 is 14.3 Å². The van der Waals surface area contributed by atoms with Gasteiger partial charge in [0.25, 0.3) is 0 Å². The van der Waals surface area contributed by atoms with E-state index in [4.69, 9.17) is 4.74 Å². The number of rotatable bonds is 9. The minimum Gasteiger partial charge on any atom is -0.497 e. The Hall–Kier alpha value is -3.02. The molecular formula is C24H31N3O3. The van der Waals surface area contributed by atoms with Gasteiger partial charge in [0.05, 0.1) is 7.11 Å². The summed E-state index contributed by atoms with van der Waals surface area (Å²) in [5.41, 5.74) is 3.80. The number of amides is 3. The van der Waals surface area contributed by atoms with Crippen LogP contribution in [-0.4, -0.2) is 43.6 Å². The summed E-state index contributed by atoms with van der Waals surface area (Å²) in [5, 5.41) is 5.70. The number of carbonyl (C=O) groups is 2. The first-order chi connectivity index (χ1) is 14.7. The highest BCUT2D eigenvalue weighted by molar-refractivity contribution is 5.77. The molecule has 0 saturated heterocycles. The molecule has 2 aromatic carbocycles. The van der Waals surface area contributed by atoms with Crippen molar-refractivity contribution in [2.75, 3.05) is 26.7 Å². The molecular weight excluding hydrogens is 378 g/mol. The van der Waals surface area contributed by atoms with E-state index < -0.39 is 0 Å². The summed E-state index contributed by atoms with van der Waals surface area (Å²) in [7, 11) is 1.65. The number of benzene rings is 2. The second-order valence-corrected chi connectivity index (χ2v) is 7.57. The summed E-state index contributed by atoms with van der Waals surface area (Å²) in [6.45, 7) is 2.58. The fourth-order valence-corrected chi connectivity index (χ4v) is 3.66. The molecule has 0 unspecified atom stereocenters. The Morgan fingerprint density at radius 2 is 1.67 bits per heavy atom. The summed E-state index contributed by atoms with van der Waals surface area (Å²) in [6, 6.07) is 16.1. The van der Waals surface area contributed by atoms with E-state index in [1.54, 1.807) is 7.11 Å². The highest BCUT2D eigenvalue weighted by atomic mass is 16.5. The van der Waals surface area contributed by atoms with Crippen LogP contribution in [0.25, 0.3) is 0 Å². The Balaban J connectivity index is 1.24. The molecule has 1 aliphatic rings. The number of methoxy groups -OCH3 is 1. The third-order valence-electron chi connectivity index (χ3n) is 5.42. The minimum absolute atomic E-state index is 0.159. The maximum Gasteiger partial charge on any atom is 0.314 e. The van der Waals surface area contributed by atoms with E-state index in [1.165, 1.54) is 16.7 Å². The Kier molecular flexibility index (Phi) is 8.12. The molecule has 1 aliphatic heterocycles. The molecule has 0 atom stereocenters. The highest BCUT2D eigenvalue weighted by Crippen LogP contribution is 2.19. The first-order valence-corrected chi connectivity index (χ1v) is 10.6. The van der Waals surface area contributed by atoms with Gasteiger partial charge in [-0.2, -0.15) is 0 Å². The number of nitrogens with zero attached hydrogens (tertiary/aromatic N) is 1. The largest absolute Gasteiger partial charge is 0.497 e. The zero-order chi connectivity index (χ0) is 21.2. The lowest BCUT2D eigenvalue weighted by atomic mass is 9.99. The van der Waals surface area contributed by atoms with Crippen LogP contribution >= 0.6 is 0 Å². The van der Waals surface area contributed by atoms with Gasteiger partial charge in [-0.25, -0.2) is 4.79 Å². The van der Waals surface area contributed by atoms with Gasteiger partial charge in [-0.05, 0) is 54.5 Å². The van der Waals surface area contributed by atoms with E-state index in [0.29, 0.717) is 32.5 Å². The number of carbonyl (C=O) groups excluding carboxylic acids is 2. The molecule has 0 fully saturated rings. The van der Waals surface area contributed by atoms with Crippen molar-refractivity contribution >= 4 is 11.9 Å². The van der Waals surface area contributed by atoms with Crippen LogP contribution in [0.4, 0.5) is 4.79 Å². The van der Waals surface area contributed by atoms with Crippen LogP contribution in [0.3, 0.4) is 0 Å². The highest BCUT2D eigenvalue weighted by Gasteiger charge is 2.19. The zero-order valence-corrected chi connectivity index (χ0v) is 17.7. The van der Waals surface area contributed by atoms with Crippen molar-refractivity contribution in [3.8, 4) is 5.75 Å². The molecule has 2 N–H and O–H groups in total. The van der Waals surface area contributed by atoms with Gasteiger partial charge in [0, 0.05) is 32.6 Å². The van der Waals surface area contributed by atoms with Crippen LogP contribution in [0, 0.1) is 0 Å². The Morgan fingerprint density at radius 3 is 2.40 bits per heavy atom. The number of hydrogen-bond acceptors (Lipinski definition) is 3. The summed E-state index contributed by atoms with van der Waals surface area (Å²) in [4.78, 5) is 26.2. The standard InChI is InChI=1S/C24H31N3O3/c1-30-22-12-10-19(11-13-22)6-4-15-25-24(29)26-16-5-9-23(28)27-17-14-20-7-2-3-8-21(20)18-27/h2-3,7-8,10-13H,4-6,9,14-18H2,1H3,(H2,25,26,29). The van der Waals surface area contributed by atoms with E-state index in [0.717, 1.165) is 31.6 Å². The molecule has 3 amide bonds. The van der Waals surface area contributed by atoms with Crippen molar-refractivity contribution in [2.45, 2.75) is 38.6 Å². The predicted octanol–water partition coefficient (Wildman–Crippen LogP) is 3.29. The van der Waals surface area contributed by atoms with E-state index in [1.807, 2.05) is 41.3 Å². The van der Waals surface area contributed by atoms with E-state index in [9.17, 15) is 9.59 Å². The second-order valence-electron chi connectivity index (χ2n) is 7.57. The van der Waals surface area contributed by atoms with Gasteiger partial charge in [-0.3, -0.25) is 4.79 Å². The van der Waals surface area contributed by atoms with Crippen molar-refractivity contribution in [1.29, 1.82) is 0 Å². The van der Waals surface area contributed by atoms with Gasteiger partial charge in [0.1, 0.15) is 5.75 Å². The van der Waals surface area contributed by atoms with Gasteiger partial charge in [0.15, 0.2) is 0 Å². The smallest absolute Gasteiger partial charge is 0.314 e. The molecule has 0 aromatic heterocycles. The third kappa shape index (κ3) is 6.51. The van der Waals surface area contributed by atoms with Gasteiger partial charge in [-0.1, -0.05) is 36.4 Å². The van der Waals surface area contributed by atoms with Crippen molar-refractivity contribution in [3.05, 3.63) is 65.2 Å². The predicted molar refractivity (Wildman–Crippen MR) is 118 cm³/mol. The molecule has 0 bridgehead atoms. The number of urea groups is 1. The normalized spacial score (nSPS) is 12.8. The summed E-state index contributed by atoms with van der Waals surface area (Å²) >= 11 is 0. The van der Waals surface area contributed by atoms with Gasteiger partial charge >= 0.3 is 6.03 Å². The van der Waals surface area contributed by atoms with Crippen molar-refractivity contribution in [3.63, 3.8) is 0 Å². The van der Waals surface area contributed by atoms with Crippen LogP contribution in [0.15, 0.2) is 48.5 Å². The SMILES string of the molecule is COc1ccc(CCCNC(=O)NCCCC(=O)N2CCc3ccccc3C2)cc1. The fourth-order valence-electron chi connectivity index (χ4n) is 3.66. The summed E-state index contributed by atoms with van der Waals surface area (Å²) < 4.78 is 5.15. The first kappa shape index (κ1) is 21.7. The number of aryl methyl sites for hydroxylation is 1. The molecule has 2 aromatic rings. The molecule has 160 valence electrons. The molecule has 0 aliphatic carbocycles. The van der Waals surface area contributed by atoms with E-state index in [2.05, 4.69) is 22.8 Å². The second kappa shape index (κ2) is 11.2. The summed E-state index contributed by atoms with van der Waals surface area (Å²) in [5.74, 6) is 1.01. The quantitative estimate of drug-likeness (QED) is 0.625. The topological polar surface area (TPSA) is 70.7 Å². The molecule has 1 heterocycles. The van der Waals surface area contributed by atoms with Crippen molar-refractivity contribution in [2.24, 2.45) is 0 Å². The molecule has 6 heteroatoms. The van der Waals surface area contributed by atoms with Crippen molar-refractivity contribution in [1.82, 2.24) is 15.5 Å². The lowest BCUT2D eigenvalue weighted by Crippen LogP contribution is -2.38. The zero-order valence-electron chi connectivity index (χ0n) is 17.7. The number of hydrogen-bond donors (Lipinski definition) is 2. The molecule has 0 saturated carbocycles. The fraction of sp³-hybridized carbons (Fsp3) is 0.417. The maximum atomic E-state index is 12.4. The molecule has 0 spiro atoms. The summed E-state index contributed by atoms with van der Waals surface area (Å²) in [6.07, 6.45) is 3.79. The Bertz CT molecular complexity index is 836. The first-order valence-electron chi connectivity index (χ1n) is 10.6. The maximum absolute atomic E-state index is 12.4. The van der Waals surface area contributed by atoms with Crippen LogP contribution in [0.1, 0.15) is 36.0 Å². The number of fused-ring (bicyclic) bond motifs is 1. The third-order valence-corrected chi connectivity index (χ3v) is 5.42. The van der Waals surface area contributed by atoms with Gasteiger partial charge in [-0.15, -0.1) is 0 Å². The number of ether oxygens (including phenoxy) is 1. The monoisotopic (exact) mass is 409 g/mol. The average Bonchev–Trinajstić information content (AvgIpc) is 2.79. The molecule has 6 nitrogen and oxygen atoms in total. The van der Waals surface area contributed by atoms with Gasteiger partial charge in [0.2, 0.25) is 5.91 Å².